The Balaban J connectivity index is 2.31. The predicted molar refractivity (Wildman–Crippen MR) is 58.2 cm³/mol. The molecule has 2 heterocycles. The van der Waals surface area contributed by atoms with Crippen LogP contribution in [0.2, 0.25) is 0 Å². The SMILES string of the molecule is O=Nc1c(-c2ccccc2)nc2nc[nH]n12. The van der Waals surface area contributed by atoms with Gasteiger partial charge in [-0.3, -0.25) is 5.10 Å². The Morgan fingerprint density at radius 1 is 1.25 bits per heavy atom. The fraction of sp³-hybridized carbons (Fsp3) is 0. The van der Waals surface area contributed by atoms with Crippen LogP contribution >= 0.6 is 0 Å². The lowest BCUT2D eigenvalue weighted by Crippen LogP contribution is -1.81. The van der Waals surface area contributed by atoms with Crippen LogP contribution in [0.15, 0.2) is 41.8 Å². The van der Waals surface area contributed by atoms with E-state index in [0.29, 0.717) is 11.5 Å². The maximum atomic E-state index is 10.8. The Kier molecular flexibility index (Phi) is 1.79. The number of nitrogens with one attached hydrogen (secondary N) is 1. The molecule has 0 unspecified atom stereocenters. The van der Waals surface area contributed by atoms with Crippen LogP contribution in [0.1, 0.15) is 0 Å². The van der Waals surface area contributed by atoms with E-state index in [1.807, 2.05) is 30.3 Å². The summed E-state index contributed by atoms with van der Waals surface area (Å²) in [5.41, 5.74) is 1.38. The van der Waals surface area contributed by atoms with Gasteiger partial charge < -0.3 is 0 Å². The molecule has 78 valence electrons. The van der Waals surface area contributed by atoms with Crippen molar-refractivity contribution in [1.29, 1.82) is 0 Å². The molecule has 6 heteroatoms. The second kappa shape index (κ2) is 3.27. The molecule has 3 rings (SSSR count). The molecule has 0 fully saturated rings. The van der Waals surface area contributed by atoms with Crippen molar-refractivity contribution in [2.24, 2.45) is 5.18 Å². The van der Waals surface area contributed by atoms with Gasteiger partial charge in [0.15, 0.2) is 0 Å². The summed E-state index contributed by atoms with van der Waals surface area (Å²) in [5, 5.41) is 5.77. The zero-order chi connectivity index (χ0) is 11.0. The van der Waals surface area contributed by atoms with Crippen molar-refractivity contribution in [2.75, 3.05) is 0 Å². The van der Waals surface area contributed by atoms with Crippen molar-refractivity contribution in [3.63, 3.8) is 0 Å². The van der Waals surface area contributed by atoms with Crippen molar-refractivity contribution in [3.05, 3.63) is 41.6 Å². The summed E-state index contributed by atoms with van der Waals surface area (Å²) in [6.07, 6.45) is 1.46. The van der Waals surface area contributed by atoms with E-state index in [2.05, 4.69) is 20.2 Å². The van der Waals surface area contributed by atoms with Gasteiger partial charge in [-0.1, -0.05) is 30.3 Å². The Bertz CT molecular complexity index is 640. The highest BCUT2D eigenvalue weighted by molar-refractivity contribution is 5.72. The number of aromatic nitrogens is 4. The van der Waals surface area contributed by atoms with Crippen LogP contribution in [0.25, 0.3) is 17.0 Å². The van der Waals surface area contributed by atoms with Gasteiger partial charge in [-0.15, -0.1) is 4.91 Å². The van der Waals surface area contributed by atoms with E-state index in [1.165, 1.54) is 10.8 Å². The van der Waals surface area contributed by atoms with E-state index in [1.54, 1.807) is 0 Å². The highest BCUT2D eigenvalue weighted by atomic mass is 16.3. The van der Waals surface area contributed by atoms with Crippen LogP contribution in [-0.2, 0) is 0 Å². The fourth-order valence-corrected chi connectivity index (χ4v) is 1.62. The Morgan fingerprint density at radius 3 is 2.81 bits per heavy atom. The molecule has 6 nitrogen and oxygen atoms in total. The van der Waals surface area contributed by atoms with Crippen molar-refractivity contribution >= 4 is 11.6 Å². The fourth-order valence-electron chi connectivity index (χ4n) is 1.62. The Hall–Kier alpha value is -2.50. The summed E-state index contributed by atoms with van der Waals surface area (Å²) in [5.74, 6) is 0.673. The number of benzene rings is 1. The summed E-state index contributed by atoms with van der Waals surface area (Å²) in [7, 11) is 0. The monoisotopic (exact) mass is 213 g/mol. The van der Waals surface area contributed by atoms with Crippen LogP contribution in [0.4, 0.5) is 5.82 Å². The molecule has 1 N–H and O–H groups in total. The minimum absolute atomic E-state index is 0.235. The summed E-state index contributed by atoms with van der Waals surface area (Å²) >= 11 is 0. The zero-order valence-electron chi connectivity index (χ0n) is 8.16. The number of hydrogen-bond donors (Lipinski definition) is 1. The predicted octanol–water partition coefficient (Wildman–Crippen LogP) is 2.12. The number of hydrogen-bond acceptors (Lipinski definition) is 4. The first-order valence-corrected chi connectivity index (χ1v) is 4.71. The quantitative estimate of drug-likeness (QED) is 0.662. The van der Waals surface area contributed by atoms with Gasteiger partial charge in [0.05, 0.1) is 0 Å². The molecule has 0 saturated carbocycles. The third kappa shape index (κ3) is 1.13. The third-order valence-corrected chi connectivity index (χ3v) is 2.34. The summed E-state index contributed by atoms with van der Waals surface area (Å²) < 4.78 is 1.45. The average molecular weight is 213 g/mol. The number of nitroso groups, excluding NO2 is 1. The molecule has 0 radical (unpaired) electrons. The first-order chi connectivity index (χ1) is 7.90. The number of H-pyrrole nitrogens is 1. The molecular formula is C10H7N5O. The van der Waals surface area contributed by atoms with Crippen molar-refractivity contribution in [3.8, 4) is 11.3 Å². The molecule has 0 aliphatic rings. The van der Waals surface area contributed by atoms with Gasteiger partial charge >= 0.3 is 0 Å². The van der Waals surface area contributed by atoms with Crippen LogP contribution in [0.5, 0.6) is 0 Å². The zero-order valence-corrected chi connectivity index (χ0v) is 8.16. The molecule has 3 aromatic rings. The Labute approximate surface area is 89.9 Å². The molecule has 0 aliphatic heterocycles. The molecule has 0 amide bonds. The van der Waals surface area contributed by atoms with Crippen molar-refractivity contribution in [1.82, 2.24) is 19.6 Å². The van der Waals surface area contributed by atoms with Crippen LogP contribution in [-0.4, -0.2) is 19.6 Å². The highest BCUT2D eigenvalue weighted by Gasteiger charge is 2.15. The van der Waals surface area contributed by atoms with Crippen molar-refractivity contribution in [2.45, 2.75) is 0 Å². The van der Waals surface area contributed by atoms with Crippen LogP contribution in [0, 0.1) is 4.91 Å². The summed E-state index contributed by atoms with van der Waals surface area (Å²) in [6.45, 7) is 0. The van der Waals surface area contributed by atoms with E-state index < -0.39 is 0 Å². The maximum Gasteiger partial charge on any atom is 0.253 e. The molecule has 2 aromatic heterocycles. The lowest BCUT2D eigenvalue weighted by molar-refractivity contribution is 0.968. The van der Waals surface area contributed by atoms with E-state index in [0.717, 1.165) is 5.56 Å². The molecule has 0 bridgehead atoms. The minimum Gasteiger partial charge on any atom is -0.279 e. The Morgan fingerprint density at radius 2 is 2.06 bits per heavy atom. The maximum absolute atomic E-state index is 10.8. The largest absolute Gasteiger partial charge is 0.279 e. The van der Waals surface area contributed by atoms with Crippen LogP contribution in [0.3, 0.4) is 0 Å². The van der Waals surface area contributed by atoms with Gasteiger partial charge in [-0.05, 0) is 5.18 Å². The molecular weight excluding hydrogens is 206 g/mol. The van der Waals surface area contributed by atoms with E-state index in [-0.39, 0.29) is 5.82 Å². The second-order valence-corrected chi connectivity index (χ2v) is 3.26. The molecule has 0 saturated heterocycles. The van der Waals surface area contributed by atoms with Gasteiger partial charge in [0.2, 0.25) is 5.82 Å². The van der Waals surface area contributed by atoms with E-state index in [9.17, 15) is 4.91 Å². The standard InChI is InChI=1S/C10H7N5O/c16-14-9-8(7-4-2-1-3-5-7)13-10-11-6-12-15(9)10/h1-6H,(H,11,12,13). The van der Waals surface area contributed by atoms with E-state index in [4.69, 9.17) is 0 Å². The molecule has 0 aliphatic carbocycles. The number of nitrogens with zero attached hydrogens (tertiary/aromatic N) is 4. The number of fused-ring (bicyclic) bond motifs is 1. The van der Waals surface area contributed by atoms with Gasteiger partial charge in [0.1, 0.15) is 12.0 Å². The van der Waals surface area contributed by atoms with Gasteiger partial charge in [-0.2, -0.15) is 4.52 Å². The summed E-state index contributed by atoms with van der Waals surface area (Å²) in [4.78, 5) is 19.0. The second-order valence-electron chi connectivity index (χ2n) is 3.26. The van der Waals surface area contributed by atoms with Crippen LogP contribution < -0.4 is 0 Å². The lowest BCUT2D eigenvalue weighted by Gasteiger charge is -1.95. The number of imidazole rings is 1. The number of aromatic amines is 1. The highest BCUT2D eigenvalue weighted by Crippen LogP contribution is 2.29. The number of rotatable bonds is 2. The molecule has 16 heavy (non-hydrogen) atoms. The van der Waals surface area contributed by atoms with Gasteiger partial charge in [0.25, 0.3) is 5.78 Å². The lowest BCUT2D eigenvalue weighted by atomic mass is 10.1. The minimum atomic E-state index is 0.235. The summed E-state index contributed by atoms with van der Waals surface area (Å²) in [6, 6.07) is 9.40. The molecule has 0 spiro atoms. The average Bonchev–Trinajstić information content (AvgIpc) is 2.89. The van der Waals surface area contributed by atoms with Gasteiger partial charge in [0, 0.05) is 5.56 Å². The molecule has 0 atom stereocenters. The smallest absolute Gasteiger partial charge is 0.253 e. The third-order valence-electron chi connectivity index (χ3n) is 2.34. The first-order valence-electron chi connectivity index (χ1n) is 4.71. The molecule has 1 aromatic carbocycles. The van der Waals surface area contributed by atoms with E-state index >= 15 is 0 Å². The normalized spacial score (nSPS) is 10.8. The van der Waals surface area contributed by atoms with Crippen molar-refractivity contribution < 1.29 is 0 Å². The topological polar surface area (TPSA) is 75.4 Å². The van der Waals surface area contributed by atoms with Gasteiger partial charge in [-0.25, -0.2) is 9.97 Å². The first kappa shape index (κ1) is 8.78.